The second-order valence-electron chi connectivity index (χ2n) is 8.53. The standard InChI is InChI=1S/C24H29FN2O4.BrH/c1-6-30-19-11-15-12-27(23(26)20(15)21(25)22(19)31-7-2)13-18(29)14-8-9-17(28)16(10-14)24(3,4)5;/h8-11,26,28H,6-7,12-13H2,1-5H3;1H. The number of nitrogens with zero attached hydrogens (tertiary/aromatic N) is 1. The molecule has 0 aliphatic carbocycles. The van der Waals surface area contributed by atoms with Gasteiger partial charge in [0.1, 0.15) is 11.6 Å². The summed E-state index contributed by atoms with van der Waals surface area (Å²) in [6, 6.07) is 6.45. The predicted octanol–water partition coefficient (Wildman–Crippen LogP) is 5.23. The Balaban J connectivity index is 0.00000363. The summed E-state index contributed by atoms with van der Waals surface area (Å²) in [5.41, 5.74) is 1.51. The fourth-order valence-electron chi connectivity index (χ4n) is 3.73. The van der Waals surface area contributed by atoms with Gasteiger partial charge in [-0.15, -0.1) is 17.0 Å². The average Bonchev–Trinajstić information content (AvgIpc) is 2.99. The first kappa shape index (κ1) is 25.6. The van der Waals surface area contributed by atoms with Crippen LogP contribution in [-0.4, -0.2) is 41.4 Å². The minimum atomic E-state index is -0.637. The first-order chi connectivity index (χ1) is 14.6. The highest BCUT2D eigenvalue weighted by Crippen LogP contribution is 2.39. The van der Waals surface area contributed by atoms with Gasteiger partial charge < -0.3 is 19.5 Å². The number of phenols is 1. The molecule has 0 bridgehead atoms. The van der Waals surface area contributed by atoms with Gasteiger partial charge in [-0.2, -0.15) is 0 Å². The molecule has 0 fully saturated rings. The van der Waals surface area contributed by atoms with Crippen LogP contribution in [0.2, 0.25) is 0 Å². The lowest BCUT2D eigenvalue weighted by molar-refractivity contribution is 0.0962. The van der Waals surface area contributed by atoms with E-state index in [-0.39, 0.29) is 70.8 Å². The van der Waals surface area contributed by atoms with Crippen LogP contribution in [0.1, 0.15) is 61.7 Å². The Kier molecular flexibility index (Phi) is 7.93. The number of Topliss-reactive ketones (excluding diaryl/α,β-unsaturated/α-hetero) is 1. The fraction of sp³-hybridized carbons (Fsp3) is 0.417. The zero-order valence-electron chi connectivity index (χ0n) is 19.0. The zero-order valence-corrected chi connectivity index (χ0v) is 20.8. The SMILES string of the molecule is Br.CCOc1cc2c(c(F)c1OCC)C(=N)N(CC(=O)c1ccc(O)c(C(C)(C)C)c1)C2. The number of ketones is 1. The summed E-state index contributed by atoms with van der Waals surface area (Å²) in [5.74, 6) is -0.468. The normalized spacial score (nSPS) is 12.9. The van der Waals surface area contributed by atoms with Gasteiger partial charge in [0, 0.05) is 12.1 Å². The summed E-state index contributed by atoms with van der Waals surface area (Å²) in [6.45, 7) is 10.2. The summed E-state index contributed by atoms with van der Waals surface area (Å²) in [6.07, 6.45) is 0. The molecule has 32 heavy (non-hydrogen) atoms. The molecule has 2 N–H and O–H groups in total. The van der Waals surface area contributed by atoms with E-state index in [1.165, 1.54) is 11.0 Å². The molecule has 0 atom stereocenters. The number of hydrogen-bond donors (Lipinski definition) is 2. The third kappa shape index (κ3) is 4.90. The van der Waals surface area contributed by atoms with Crippen molar-refractivity contribution >= 4 is 28.6 Å². The number of phenolic OH excluding ortho intramolecular Hbond substituents is 1. The molecule has 0 unspecified atom stereocenters. The molecule has 1 aliphatic rings. The molecule has 6 nitrogen and oxygen atoms in total. The Bertz CT molecular complexity index is 1030. The number of halogens is 2. The van der Waals surface area contributed by atoms with Gasteiger partial charge in [-0.25, -0.2) is 4.39 Å². The van der Waals surface area contributed by atoms with Crippen LogP contribution in [0.15, 0.2) is 24.3 Å². The van der Waals surface area contributed by atoms with E-state index in [9.17, 15) is 9.90 Å². The number of fused-ring (bicyclic) bond motifs is 1. The predicted molar refractivity (Wildman–Crippen MR) is 127 cm³/mol. The van der Waals surface area contributed by atoms with Crippen molar-refractivity contribution in [3.63, 3.8) is 0 Å². The largest absolute Gasteiger partial charge is 0.508 e. The molecule has 0 amide bonds. The third-order valence-corrected chi connectivity index (χ3v) is 5.23. The third-order valence-electron chi connectivity index (χ3n) is 5.23. The topological polar surface area (TPSA) is 82.9 Å². The molecule has 1 aliphatic heterocycles. The Labute approximate surface area is 198 Å². The van der Waals surface area contributed by atoms with Crippen molar-refractivity contribution in [2.24, 2.45) is 0 Å². The lowest BCUT2D eigenvalue weighted by Gasteiger charge is -2.22. The van der Waals surface area contributed by atoms with Gasteiger partial charge in [-0.3, -0.25) is 10.2 Å². The first-order valence-electron chi connectivity index (χ1n) is 10.4. The van der Waals surface area contributed by atoms with E-state index in [1.54, 1.807) is 32.0 Å². The summed E-state index contributed by atoms with van der Waals surface area (Å²) in [7, 11) is 0. The van der Waals surface area contributed by atoms with Crippen molar-refractivity contribution < 1.29 is 23.8 Å². The Morgan fingerprint density at radius 2 is 1.84 bits per heavy atom. The smallest absolute Gasteiger partial charge is 0.197 e. The average molecular weight is 509 g/mol. The summed E-state index contributed by atoms with van der Waals surface area (Å²) in [5, 5.41) is 18.6. The lowest BCUT2D eigenvalue weighted by Crippen LogP contribution is -2.30. The summed E-state index contributed by atoms with van der Waals surface area (Å²) in [4.78, 5) is 14.5. The van der Waals surface area contributed by atoms with E-state index in [0.717, 1.165) is 0 Å². The van der Waals surface area contributed by atoms with Crippen molar-refractivity contribution in [1.29, 1.82) is 5.41 Å². The highest BCUT2D eigenvalue weighted by molar-refractivity contribution is 8.93. The van der Waals surface area contributed by atoms with Gasteiger partial charge in [-0.1, -0.05) is 20.8 Å². The number of carbonyl (C=O) groups is 1. The van der Waals surface area contributed by atoms with Gasteiger partial charge in [-0.05, 0) is 54.7 Å². The maximum atomic E-state index is 15.2. The number of nitrogens with one attached hydrogen (secondary N) is 1. The van der Waals surface area contributed by atoms with Crippen LogP contribution in [0.25, 0.3) is 0 Å². The molecule has 2 aromatic rings. The second kappa shape index (κ2) is 9.90. The van der Waals surface area contributed by atoms with Gasteiger partial charge in [0.15, 0.2) is 23.1 Å². The number of amidine groups is 1. The minimum Gasteiger partial charge on any atom is -0.508 e. The number of carbonyl (C=O) groups excluding carboxylic acids is 1. The van der Waals surface area contributed by atoms with E-state index in [0.29, 0.717) is 29.0 Å². The first-order valence-corrected chi connectivity index (χ1v) is 10.4. The van der Waals surface area contributed by atoms with E-state index in [2.05, 4.69) is 0 Å². The van der Waals surface area contributed by atoms with Crippen LogP contribution in [0.5, 0.6) is 17.2 Å². The van der Waals surface area contributed by atoms with Gasteiger partial charge >= 0.3 is 0 Å². The molecular weight excluding hydrogens is 479 g/mol. The van der Waals surface area contributed by atoms with E-state index < -0.39 is 5.82 Å². The lowest BCUT2D eigenvalue weighted by atomic mass is 9.85. The summed E-state index contributed by atoms with van der Waals surface area (Å²) >= 11 is 0. The monoisotopic (exact) mass is 508 g/mol. The molecule has 0 aromatic heterocycles. The Hall–Kier alpha value is -2.61. The van der Waals surface area contributed by atoms with Crippen molar-refractivity contribution in [1.82, 2.24) is 4.90 Å². The van der Waals surface area contributed by atoms with E-state index in [4.69, 9.17) is 14.9 Å². The molecule has 0 saturated heterocycles. The van der Waals surface area contributed by atoms with Crippen LogP contribution in [0, 0.1) is 11.2 Å². The second-order valence-corrected chi connectivity index (χ2v) is 8.53. The maximum Gasteiger partial charge on any atom is 0.197 e. The highest BCUT2D eigenvalue weighted by Gasteiger charge is 2.33. The Morgan fingerprint density at radius 1 is 1.19 bits per heavy atom. The van der Waals surface area contributed by atoms with E-state index in [1.807, 2.05) is 20.8 Å². The quantitative estimate of drug-likeness (QED) is 0.500. The molecule has 174 valence electrons. The number of aromatic hydroxyl groups is 1. The molecular formula is C24H30BrFN2O4. The van der Waals surface area contributed by atoms with Crippen molar-refractivity contribution in [2.75, 3.05) is 19.8 Å². The molecule has 2 aromatic carbocycles. The number of rotatable bonds is 7. The summed E-state index contributed by atoms with van der Waals surface area (Å²) < 4.78 is 26.1. The van der Waals surface area contributed by atoms with Gasteiger partial charge in [0.25, 0.3) is 0 Å². The van der Waals surface area contributed by atoms with Crippen LogP contribution in [0.4, 0.5) is 4.39 Å². The molecule has 8 heteroatoms. The maximum absolute atomic E-state index is 15.2. The van der Waals surface area contributed by atoms with Crippen LogP contribution >= 0.6 is 17.0 Å². The number of ether oxygens (including phenoxy) is 2. The highest BCUT2D eigenvalue weighted by atomic mass is 79.9. The molecule has 0 spiro atoms. The minimum absolute atomic E-state index is 0. The van der Waals surface area contributed by atoms with Gasteiger partial charge in [0.2, 0.25) is 0 Å². The van der Waals surface area contributed by atoms with E-state index >= 15 is 4.39 Å². The van der Waals surface area contributed by atoms with Crippen molar-refractivity contribution in [3.05, 3.63) is 52.3 Å². The zero-order chi connectivity index (χ0) is 22.9. The van der Waals surface area contributed by atoms with Gasteiger partial charge in [0.05, 0.1) is 25.3 Å². The molecule has 1 heterocycles. The molecule has 3 rings (SSSR count). The Morgan fingerprint density at radius 3 is 2.44 bits per heavy atom. The fourth-order valence-corrected chi connectivity index (χ4v) is 3.73. The number of benzene rings is 2. The number of hydrogen-bond acceptors (Lipinski definition) is 5. The van der Waals surface area contributed by atoms with Crippen LogP contribution in [0.3, 0.4) is 0 Å². The van der Waals surface area contributed by atoms with Crippen LogP contribution < -0.4 is 9.47 Å². The van der Waals surface area contributed by atoms with Crippen molar-refractivity contribution in [2.45, 2.75) is 46.6 Å². The molecule has 0 radical (unpaired) electrons. The van der Waals surface area contributed by atoms with Crippen LogP contribution in [-0.2, 0) is 12.0 Å². The molecule has 0 saturated carbocycles. The van der Waals surface area contributed by atoms with Crippen molar-refractivity contribution in [3.8, 4) is 17.2 Å².